The second-order valence-electron chi connectivity index (χ2n) is 10.00. The maximum atomic E-state index is 13.1. The summed E-state index contributed by atoms with van der Waals surface area (Å²) < 4.78 is 13.1. The van der Waals surface area contributed by atoms with Gasteiger partial charge in [-0.15, -0.1) is 0 Å². The first-order valence-corrected chi connectivity index (χ1v) is 13.6. The minimum atomic E-state index is -0.230. The Bertz CT molecular complexity index is 1350. The van der Waals surface area contributed by atoms with Crippen LogP contribution in [0.1, 0.15) is 30.4 Å². The minimum Gasteiger partial charge on any atom is -0.372 e. The fourth-order valence-electron chi connectivity index (χ4n) is 5.08. The lowest BCUT2D eigenvalue weighted by Crippen LogP contribution is -2.47. The van der Waals surface area contributed by atoms with Gasteiger partial charge in [-0.2, -0.15) is 4.98 Å². The second-order valence-corrected chi connectivity index (χ2v) is 10.00. The monoisotopic (exact) mass is 525 g/mol. The fourth-order valence-corrected chi connectivity index (χ4v) is 5.08. The van der Waals surface area contributed by atoms with Crippen LogP contribution in [0.5, 0.6) is 0 Å². The summed E-state index contributed by atoms with van der Waals surface area (Å²) in [6.45, 7) is 5.31. The summed E-state index contributed by atoms with van der Waals surface area (Å²) in [7, 11) is 0. The SMILES string of the molecule is Fc1ccc(Cc2cnc(N3CCN(c4ncnc(Nc5ccc(N6CCCCC6)cc5)n4)CC3)nc2)cc1. The molecule has 4 aromatic rings. The van der Waals surface area contributed by atoms with Crippen LogP contribution in [0.2, 0.25) is 0 Å². The molecule has 0 bridgehead atoms. The van der Waals surface area contributed by atoms with Crippen molar-refractivity contribution < 1.29 is 4.39 Å². The molecule has 200 valence electrons. The molecular formula is C29H32FN9. The molecule has 2 saturated heterocycles. The highest BCUT2D eigenvalue weighted by Crippen LogP contribution is 2.23. The van der Waals surface area contributed by atoms with Crippen LogP contribution in [0.3, 0.4) is 0 Å². The fraction of sp³-hybridized carbons (Fsp3) is 0.345. The molecule has 2 aliphatic heterocycles. The van der Waals surface area contributed by atoms with Crippen molar-refractivity contribution in [3.8, 4) is 0 Å². The van der Waals surface area contributed by atoms with Crippen molar-refractivity contribution in [3.05, 3.63) is 84.2 Å². The van der Waals surface area contributed by atoms with Crippen molar-refractivity contribution in [3.63, 3.8) is 0 Å². The standard InChI is InChI=1S/C29H32FN9/c30-24-6-4-22(5-7-24)18-23-19-31-28(32-20-23)38-14-16-39(17-15-38)29-34-21-33-27(36-29)35-25-8-10-26(11-9-25)37-12-2-1-3-13-37/h4-11,19-21H,1-3,12-18H2,(H,33,34,35,36). The molecule has 0 atom stereocenters. The molecule has 2 aliphatic rings. The first-order chi connectivity index (χ1) is 19.2. The van der Waals surface area contributed by atoms with E-state index >= 15 is 0 Å². The van der Waals surface area contributed by atoms with Crippen LogP contribution < -0.4 is 20.0 Å². The Morgan fingerprint density at radius 3 is 2.00 bits per heavy atom. The van der Waals surface area contributed by atoms with E-state index in [2.05, 4.69) is 69.2 Å². The number of nitrogens with one attached hydrogen (secondary N) is 1. The molecular weight excluding hydrogens is 493 g/mol. The summed E-state index contributed by atoms with van der Waals surface area (Å²) in [5, 5.41) is 3.32. The largest absolute Gasteiger partial charge is 0.372 e. The molecule has 0 aliphatic carbocycles. The van der Waals surface area contributed by atoms with Crippen LogP contribution in [0.4, 0.5) is 33.6 Å². The highest BCUT2D eigenvalue weighted by molar-refractivity contribution is 5.60. The van der Waals surface area contributed by atoms with Gasteiger partial charge in [0.05, 0.1) is 0 Å². The molecule has 2 aromatic carbocycles. The molecule has 0 amide bonds. The Labute approximate surface area is 227 Å². The summed E-state index contributed by atoms with van der Waals surface area (Å²) in [4.78, 5) is 29.3. The number of hydrogen-bond acceptors (Lipinski definition) is 9. The predicted molar refractivity (Wildman–Crippen MR) is 151 cm³/mol. The molecule has 2 fully saturated rings. The van der Waals surface area contributed by atoms with E-state index < -0.39 is 0 Å². The molecule has 1 N–H and O–H groups in total. The summed E-state index contributed by atoms with van der Waals surface area (Å²) in [6.07, 6.45) is 9.78. The number of piperazine rings is 1. The average molecular weight is 526 g/mol. The van der Waals surface area contributed by atoms with Crippen LogP contribution in [-0.2, 0) is 6.42 Å². The highest BCUT2D eigenvalue weighted by atomic mass is 19.1. The Hall–Kier alpha value is -4.34. The van der Waals surface area contributed by atoms with Crippen LogP contribution in [0.15, 0.2) is 67.3 Å². The van der Waals surface area contributed by atoms with E-state index in [9.17, 15) is 4.39 Å². The van der Waals surface area contributed by atoms with Gasteiger partial charge in [0.1, 0.15) is 12.1 Å². The zero-order chi connectivity index (χ0) is 26.4. The van der Waals surface area contributed by atoms with Crippen molar-refractivity contribution in [1.29, 1.82) is 0 Å². The van der Waals surface area contributed by atoms with Crippen LogP contribution in [-0.4, -0.2) is 64.2 Å². The first kappa shape index (κ1) is 25.0. The van der Waals surface area contributed by atoms with E-state index in [1.807, 2.05) is 12.4 Å². The third-order valence-corrected chi connectivity index (χ3v) is 7.26. The summed E-state index contributed by atoms with van der Waals surface area (Å²) in [5.74, 6) is 1.68. The third-order valence-electron chi connectivity index (χ3n) is 7.26. The van der Waals surface area contributed by atoms with Gasteiger partial charge in [-0.1, -0.05) is 12.1 Å². The van der Waals surface area contributed by atoms with Crippen molar-refractivity contribution in [2.75, 3.05) is 59.3 Å². The van der Waals surface area contributed by atoms with Gasteiger partial charge in [-0.05, 0) is 66.8 Å². The van der Waals surface area contributed by atoms with Gasteiger partial charge in [-0.3, -0.25) is 0 Å². The molecule has 39 heavy (non-hydrogen) atoms. The molecule has 0 saturated carbocycles. The molecule has 6 rings (SSSR count). The van der Waals surface area contributed by atoms with E-state index in [0.717, 1.165) is 56.1 Å². The first-order valence-electron chi connectivity index (χ1n) is 13.6. The smallest absolute Gasteiger partial charge is 0.231 e. The predicted octanol–water partition coefficient (Wildman–Crippen LogP) is 4.45. The summed E-state index contributed by atoms with van der Waals surface area (Å²) in [5.41, 5.74) is 4.25. The normalized spacial score (nSPS) is 15.9. The van der Waals surface area contributed by atoms with Gasteiger partial charge in [0.15, 0.2) is 0 Å². The molecule has 0 spiro atoms. The molecule has 2 aromatic heterocycles. The zero-order valence-electron chi connectivity index (χ0n) is 21.9. The zero-order valence-corrected chi connectivity index (χ0v) is 21.9. The van der Waals surface area contributed by atoms with Crippen LogP contribution in [0, 0.1) is 5.82 Å². The van der Waals surface area contributed by atoms with E-state index in [4.69, 9.17) is 0 Å². The van der Waals surface area contributed by atoms with E-state index in [1.54, 1.807) is 18.5 Å². The number of benzene rings is 2. The number of halogens is 1. The Morgan fingerprint density at radius 1 is 0.641 bits per heavy atom. The molecule has 4 heterocycles. The van der Waals surface area contributed by atoms with Crippen molar-refractivity contribution in [1.82, 2.24) is 24.9 Å². The van der Waals surface area contributed by atoms with Crippen LogP contribution in [0.25, 0.3) is 0 Å². The minimum absolute atomic E-state index is 0.230. The van der Waals surface area contributed by atoms with E-state index in [1.165, 1.54) is 37.1 Å². The maximum Gasteiger partial charge on any atom is 0.231 e. The molecule has 0 unspecified atom stereocenters. The Balaban J connectivity index is 1.03. The lowest BCUT2D eigenvalue weighted by atomic mass is 10.1. The van der Waals surface area contributed by atoms with Gasteiger partial charge in [0.25, 0.3) is 0 Å². The number of hydrogen-bond donors (Lipinski definition) is 1. The van der Waals surface area contributed by atoms with Gasteiger partial charge in [0.2, 0.25) is 17.8 Å². The van der Waals surface area contributed by atoms with Gasteiger partial charge in [-0.25, -0.2) is 24.3 Å². The second kappa shape index (κ2) is 11.6. The number of aromatic nitrogens is 5. The van der Waals surface area contributed by atoms with Crippen molar-refractivity contribution in [2.45, 2.75) is 25.7 Å². The van der Waals surface area contributed by atoms with Gasteiger partial charge >= 0.3 is 0 Å². The molecule has 10 heteroatoms. The topological polar surface area (TPSA) is 86.2 Å². The lowest BCUT2D eigenvalue weighted by Gasteiger charge is -2.34. The lowest BCUT2D eigenvalue weighted by molar-refractivity contribution is 0.578. The number of rotatable bonds is 7. The average Bonchev–Trinajstić information content (AvgIpc) is 3.00. The maximum absolute atomic E-state index is 13.1. The Kier molecular flexibility index (Phi) is 7.42. The van der Waals surface area contributed by atoms with Gasteiger partial charge in [0, 0.05) is 69.5 Å². The summed E-state index contributed by atoms with van der Waals surface area (Å²) >= 11 is 0. The van der Waals surface area contributed by atoms with Gasteiger partial charge < -0.3 is 20.0 Å². The number of piperidine rings is 1. The number of nitrogens with zero attached hydrogens (tertiary/aromatic N) is 8. The third kappa shape index (κ3) is 6.22. The molecule has 9 nitrogen and oxygen atoms in total. The quantitative estimate of drug-likeness (QED) is 0.376. The van der Waals surface area contributed by atoms with Crippen molar-refractivity contribution in [2.24, 2.45) is 0 Å². The highest BCUT2D eigenvalue weighted by Gasteiger charge is 2.21. The van der Waals surface area contributed by atoms with Crippen LogP contribution >= 0.6 is 0 Å². The summed E-state index contributed by atoms with van der Waals surface area (Å²) in [6, 6.07) is 15.0. The Morgan fingerprint density at radius 2 is 1.31 bits per heavy atom. The van der Waals surface area contributed by atoms with E-state index in [-0.39, 0.29) is 5.82 Å². The number of anilines is 5. The molecule has 0 radical (unpaired) electrons. The van der Waals surface area contributed by atoms with E-state index in [0.29, 0.717) is 24.3 Å². The van der Waals surface area contributed by atoms with Crippen molar-refractivity contribution >= 4 is 29.2 Å².